The van der Waals surface area contributed by atoms with Crippen LogP contribution in [0.3, 0.4) is 0 Å². The summed E-state index contributed by atoms with van der Waals surface area (Å²) in [7, 11) is 0. The Morgan fingerprint density at radius 2 is 2.11 bits per heavy atom. The lowest BCUT2D eigenvalue weighted by molar-refractivity contribution is -0.128. The van der Waals surface area contributed by atoms with E-state index in [-0.39, 0.29) is 5.97 Å². The SMILES string of the molecule is C=C(SC)C(=O)OSC. The molecule has 52 valence electrons. The zero-order chi connectivity index (χ0) is 7.28. The Bertz CT molecular complexity index is 122. The summed E-state index contributed by atoms with van der Waals surface area (Å²) >= 11 is 2.32. The summed E-state index contributed by atoms with van der Waals surface area (Å²) in [5.41, 5.74) is 0. The first-order valence-electron chi connectivity index (χ1n) is 2.20. The van der Waals surface area contributed by atoms with Gasteiger partial charge in [0, 0.05) is 6.26 Å². The number of hydrogen-bond acceptors (Lipinski definition) is 4. The molecule has 0 radical (unpaired) electrons. The minimum absolute atomic E-state index is 0.352. The van der Waals surface area contributed by atoms with Crippen LogP contribution in [0.1, 0.15) is 0 Å². The van der Waals surface area contributed by atoms with Crippen molar-refractivity contribution < 1.29 is 8.98 Å². The molecule has 0 rings (SSSR count). The van der Waals surface area contributed by atoms with E-state index in [4.69, 9.17) is 0 Å². The van der Waals surface area contributed by atoms with Gasteiger partial charge >= 0.3 is 5.97 Å². The quantitative estimate of drug-likeness (QED) is 0.468. The van der Waals surface area contributed by atoms with Crippen molar-refractivity contribution in [1.82, 2.24) is 0 Å². The zero-order valence-corrected chi connectivity index (χ0v) is 6.97. The van der Waals surface area contributed by atoms with Gasteiger partial charge in [0.2, 0.25) is 0 Å². The molecule has 0 fully saturated rings. The summed E-state index contributed by atoms with van der Waals surface area (Å²) in [4.78, 5) is 11.0. The van der Waals surface area contributed by atoms with Crippen molar-refractivity contribution in [2.75, 3.05) is 12.5 Å². The van der Waals surface area contributed by atoms with Gasteiger partial charge in [0.15, 0.2) is 0 Å². The van der Waals surface area contributed by atoms with Gasteiger partial charge in [0.25, 0.3) is 0 Å². The highest BCUT2D eigenvalue weighted by atomic mass is 32.2. The van der Waals surface area contributed by atoms with Gasteiger partial charge in [-0.3, -0.25) is 0 Å². The van der Waals surface area contributed by atoms with E-state index in [1.807, 2.05) is 0 Å². The van der Waals surface area contributed by atoms with Gasteiger partial charge in [-0.15, -0.1) is 11.8 Å². The molecule has 0 saturated carbocycles. The standard InChI is InChI=1S/C5H8O2S2/c1-4(8-2)5(6)7-9-3/h1H2,2-3H3. The number of hydrogen-bond donors (Lipinski definition) is 0. The fraction of sp³-hybridized carbons (Fsp3) is 0.400. The summed E-state index contributed by atoms with van der Waals surface area (Å²) in [6.07, 6.45) is 3.47. The van der Waals surface area contributed by atoms with E-state index in [9.17, 15) is 4.79 Å². The molecule has 2 nitrogen and oxygen atoms in total. The molecule has 0 aliphatic heterocycles. The Balaban J connectivity index is 3.60. The Hall–Kier alpha value is -0.0900. The summed E-state index contributed by atoms with van der Waals surface area (Å²) in [6, 6.07) is 0. The lowest BCUT2D eigenvalue weighted by Gasteiger charge is -1.97. The Morgan fingerprint density at radius 1 is 1.56 bits per heavy atom. The van der Waals surface area contributed by atoms with Gasteiger partial charge < -0.3 is 4.18 Å². The zero-order valence-electron chi connectivity index (χ0n) is 5.34. The van der Waals surface area contributed by atoms with E-state index >= 15 is 0 Å². The summed E-state index contributed by atoms with van der Waals surface area (Å²) < 4.78 is 4.55. The van der Waals surface area contributed by atoms with Crippen molar-refractivity contribution in [1.29, 1.82) is 0 Å². The van der Waals surface area contributed by atoms with Crippen LogP contribution in [0.5, 0.6) is 0 Å². The molecule has 0 saturated heterocycles. The van der Waals surface area contributed by atoms with Crippen molar-refractivity contribution in [3.8, 4) is 0 Å². The fourth-order valence-electron chi connectivity index (χ4n) is 0.205. The van der Waals surface area contributed by atoms with E-state index in [0.29, 0.717) is 4.91 Å². The van der Waals surface area contributed by atoms with E-state index < -0.39 is 0 Å². The molecule has 0 amide bonds. The van der Waals surface area contributed by atoms with Crippen molar-refractivity contribution in [2.24, 2.45) is 0 Å². The van der Waals surface area contributed by atoms with Gasteiger partial charge in [-0.1, -0.05) is 6.58 Å². The first-order chi connectivity index (χ1) is 4.22. The van der Waals surface area contributed by atoms with Crippen LogP contribution in [0.4, 0.5) is 0 Å². The van der Waals surface area contributed by atoms with Crippen molar-refractivity contribution in [2.45, 2.75) is 0 Å². The van der Waals surface area contributed by atoms with Crippen LogP contribution in [0.25, 0.3) is 0 Å². The minimum Gasteiger partial charge on any atom is -0.388 e. The van der Waals surface area contributed by atoms with Crippen molar-refractivity contribution in [3.05, 3.63) is 11.5 Å². The van der Waals surface area contributed by atoms with Crippen LogP contribution in [0.2, 0.25) is 0 Å². The number of carbonyl (C=O) groups is 1. The monoisotopic (exact) mass is 164 g/mol. The first kappa shape index (κ1) is 8.91. The Kier molecular flexibility index (Phi) is 4.71. The molecule has 0 aromatic heterocycles. The fourth-order valence-corrected chi connectivity index (χ4v) is 0.719. The second-order valence-corrected chi connectivity index (χ2v) is 2.57. The molecule has 0 N–H and O–H groups in total. The second-order valence-electron chi connectivity index (χ2n) is 1.16. The third-order valence-electron chi connectivity index (χ3n) is 0.633. The Morgan fingerprint density at radius 3 is 2.44 bits per heavy atom. The molecule has 0 unspecified atom stereocenters. The van der Waals surface area contributed by atoms with Crippen LogP contribution < -0.4 is 0 Å². The van der Waals surface area contributed by atoms with E-state index in [2.05, 4.69) is 10.8 Å². The maximum absolute atomic E-state index is 10.6. The largest absolute Gasteiger partial charge is 0.388 e. The highest BCUT2D eigenvalue weighted by Gasteiger charge is 2.04. The maximum Gasteiger partial charge on any atom is 0.356 e. The van der Waals surface area contributed by atoms with Crippen molar-refractivity contribution in [3.63, 3.8) is 0 Å². The van der Waals surface area contributed by atoms with Gasteiger partial charge in [0.1, 0.15) is 0 Å². The molecule has 0 aliphatic rings. The third kappa shape index (κ3) is 3.48. The number of carbonyl (C=O) groups excluding carboxylic acids is 1. The van der Waals surface area contributed by atoms with Gasteiger partial charge in [-0.05, 0) is 6.26 Å². The topological polar surface area (TPSA) is 26.3 Å². The van der Waals surface area contributed by atoms with E-state index in [1.165, 1.54) is 11.8 Å². The van der Waals surface area contributed by atoms with Crippen LogP contribution in [-0.2, 0) is 8.98 Å². The van der Waals surface area contributed by atoms with Gasteiger partial charge in [-0.25, -0.2) is 4.79 Å². The van der Waals surface area contributed by atoms with Crippen LogP contribution in [-0.4, -0.2) is 18.5 Å². The molecular formula is C5H8O2S2. The molecule has 0 spiro atoms. The molecule has 0 aromatic carbocycles. The highest BCUT2D eigenvalue weighted by molar-refractivity contribution is 8.03. The number of rotatable bonds is 3. The molecule has 4 heteroatoms. The average molecular weight is 164 g/mol. The molecule has 0 aliphatic carbocycles. The molecule has 0 aromatic rings. The Labute approximate surface area is 63.2 Å². The summed E-state index contributed by atoms with van der Waals surface area (Å²) in [6.45, 7) is 3.47. The minimum atomic E-state index is -0.352. The predicted molar refractivity (Wildman–Crippen MR) is 42.3 cm³/mol. The van der Waals surface area contributed by atoms with E-state index in [0.717, 1.165) is 12.0 Å². The lowest BCUT2D eigenvalue weighted by Crippen LogP contribution is -1.97. The molecule has 0 heterocycles. The van der Waals surface area contributed by atoms with Gasteiger partial charge in [0.05, 0.1) is 16.9 Å². The first-order valence-corrected chi connectivity index (χ1v) is 4.57. The summed E-state index contributed by atoms with van der Waals surface area (Å²) in [5, 5.41) is 0. The molecular weight excluding hydrogens is 156 g/mol. The predicted octanol–water partition coefficient (Wildman–Crippen LogP) is 1.68. The highest BCUT2D eigenvalue weighted by Crippen LogP contribution is 2.12. The molecule has 0 bridgehead atoms. The normalized spacial score (nSPS) is 8.67. The molecule has 9 heavy (non-hydrogen) atoms. The average Bonchev–Trinajstić information content (AvgIpc) is 1.87. The summed E-state index contributed by atoms with van der Waals surface area (Å²) in [5.74, 6) is -0.352. The number of thioether (sulfide) groups is 1. The van der Waals surface area contributed by atoms with Crippen LogP contribution in [0, 0.1) is 0 Å². The van der Waals surface area contributed by atoms with Gasteiger partial charge in [-0.2, -0.15) is 0 Å². The smallest absolute Gasteiger partial charge is 0.356 e. The lowest BCUT2D eigenvalue weighted by atomic mass is 10.7. The maximum atomic E-state index is 10.6. The van der Waals surface area contributed by atoms with Crippen LogP contribution >= 0.6 is 23.8 Å². The van der Waals surface area contributed by atoms with Crippen molar-refractivity contribution >= 4 is 29.8 Å². The third-order valence-corrected chi connectivity index (χ3v) is 1.61. The van der Waals surface area contributed by atoms with Crippen LogP contribution in [0.15, 0.2) is 11.5 Å². The van der Waals surface area contributed by atoms with E-state index in [1.54, 1.807) is 12.5 Å². The second kappa shape index (κ2) is 4.76. The molecule has 0 atom stereocenters.